The van der Waals surface area contributed by atoms with E-state index in [0.717, 1.165) is 12.4 Å². The molecule has 0 saturated carbocycles. The Morgan fingerprint density at radius 1 is 1.16 bits per heavy atom. The van der Waals surface area contributed by atoms with Crippen LogP contribution in [0, 0.1) is 0 Å². The molecule has 0 aliphatic carbocycles. The average Bonchev–Trinajstić information content (AvgIpc) is 2.48. The molecule has 2 atom stereocenters. The number of hydrogen-bond donors (Lipinski definition) is 0. The van der Waals surface area contributed by atoms with E-state index in [9.17, 15) is 0 Å². The van der Waals surface area contributed by atoms with Gasteiger partial charge in [0.15, 0.2) is 0 Å². The minimum atomic E-state index is 0.501. The first-order chi connectivity index (χ1) is 9.33. The van der Waals surface area contributed by atoms with E-state index < -0.39 is 0 Å². The molecule has 0 amide bonds. The fourth-order valence-electron chi connectivity index (χ4n) is 2.79. The maximum Gasteiger partial charge on any atom is 0.118 e. The van der Waals surface area contributed by atoms with Crippen molar-refractivity contribution in [2.75, 3.05) is 13.7 Å². The third kappa shape index (κ3) is 4.24. The molecular weight excluding hydrogens is 236 g/mol. The van der Waals surface area contributed by atoms with E-state index in [4.69, 9.17) is 9.47 Å². The summed E-state index contributed by atoms with van der Waals surface area (Å²) in [6, 6.07) is 8.43. The summed E-state index contributed by atoms with van der Waals surface area (Å²) in [6.45, 7) is 3.13. The number of ether oxygens (including phenoxy) is 2. The smallest absolute Gasteiger partial charge is 0.118 e. The van der Waals surface area contributed by atoms with Gasteiger partial charge in [-0.2, -0.15) is 0 Å². The number of rotatable bonds is 6. The topological polar surface area (TPSA) is 18.5 Å². The number of hydrogen-bond acceptors (Lipinski definition) is 2. The zero-order valence-corrected chi connectivity index (χ0v) is 12.2. The van der Waals surface area contributed by atoms with Gasteiger partial charge in [0.1, 0.15) is 5.75 Å². The van der Waals surface area contributed by atoms with Crippen LogP contribution in [0.2, 0.25) is 0 Å². The zero-order chi connectivity index (χ0) is 13.5. The van der Waals surface area contributed by atoms with Gasteiger partial charge in [0.2, 0.25) is 0 Å². The molecular formula is C17H26O2. The molecule has 0 bridgehead atoms. The summed E-state index contributed by atoms with van der Waals surface area (Å²) < 4.78 is 11.2. The van der Waals surface area contributed by atoms with Crippen molar-refractivity contribution in [3.8, 4) is 5.75 Å². The minimum Gasteiger partial charge on any atom is -0.497 e. The van der Waals surface area contributed by atoms with Gasteiger partial charge in [0, 0.05) is 5.92 Å². The van der Waals surface area contributed by atoms with Crippen LogP contribution in [0.4, 0.5) is 0 Å². The molecule has 0 N–H and O–H groups in total. The third-order valence-corrected chi connectivity index (χ3v) is 4.09. The van der Waals surface area contributed by atoms with E-state index in [1.165, 1.54) is 44.1 Å². The monoisotopic (exact) mass is 262 g/mol. The molecule has 1 aromatic carbocycles. The molecule has 0 aromatic heterocycles. The molecule has 0 radical (unpaired) electrons. The van der Waals surface area contributed by atoms with Crippen LogP contribution < -0.4 is 4.74 Å². The lowest BCUT2D eigenvalue weighted by Crippen LogP contribution is -2.24. The maximum absolute atomic E-state index is 6.02. The lowest BCUT2D eigenvalue weighted by Gasteiger charge is -2.29. The molecule has 106 valence electrons. The van der Waals surface area contributed by atoms with Gasteiger partial charge in [-0.25, -0.2) is 0 Å². The van der Waals surface area contributed by atoms with Crippen molar-refractivity contribution in [2.45, 2.75) is 57.5 Å². The van der Waals surface area contributed by atoms with E-state index in [1.54, 1.807) is 7.11 Å². The molecule has 19 heavy (non-hydrogen) atoms. The number of unbranched alkanes of at least 4 members (excludes halogenated alkanes) is 2. The second kappa shape index (κ2) is 7.54. The fourth-order valence-corrected chi connectivity index (χ4v) is 2.79. The summed E-state index contributed by atoms with van der Waals surface area (Å²) in [5.41, 5.74) is 1.38. The fraction of sp³-hybridized carbons (Fsp3) is 0.647. The van der Waals surface area contributed by atoms with E-state index in [-0.39, 0.29) is 0 Å². The van der Waals surface area contributed by atoms with Crippen LogP contribution in [-0.4, -0.2) is 19.8 Å². The Morgan fingerprint density at radius 3 is 2.53 bits per heavy atom. The Kier molecular flexibility index (Phi) is 5.71. The highest BCUT2D eigenvalue weighted by molar-refractivity contribution is 5.29. The lowest BCUT2D eigenvalue weighted by molar-refractivity contribution is -0.00208. The Bertz CT molecular complexity index is 350. The Balaban J connectivity index is 1.78. The molecule has 2 rings (SSSR count). The van der Waals surface area contributed by atoms with Gasteiger partial charge < -0.3 is 9.47 Å². The maximum atomic E-state index is 6.02. The Labute approximate surface area is 117 Å². The predicted molar refractivity (Wildman–Crippen MR) is 78.9 cm³/mol. The van der Waals surface area contributed by atoms with Crippen LogP contribution in [0.1, 0.15) is 56.9 Å². The highest BCUT2D eigenvalue weighted by Gasteiger charge is 2.22. The summed E-state index contributed by atoms with van der Waals surface area (Å²) in [5.74, 6) is 1.49. The number of benzene rings is 1. The van der Waals surface area contributed by atoms with Crippen LogP contribution in [0.3, 0.4) is 0 Å². The molecule has 2 heteroatoms. The zero-order valence-electron chi connectivity index (χ0n) is 12.2. The van der Waals surface area contributed by atoms with Crippen molar-refractivity contribution in [1.82, 2.24) is 0 Å². The van der Waals surface area contributed by atoms with E-state index in [1.807, 2.05) is 12.1 Å². The average molecular weight is 262 g/mol. The van der Waals surface area contributed by atoms with Gasteiger partial charge in [0.25, 0.3) is 0 Å². The first-order valence-corrected chi connectivity index (χ1v) is 7.59. The first-order valence-electron chi connectivity index (χ1n) is 7.59. The summed E-state index contributed by atoms with van der Waals surface area (Å²) in [7, 11) is 1.71. The SMILES string of the molecule is CCCCCC1CCC(c2ccc(OC)cc2)CO1. The van der Waals surface area contributed by atoms with Gasteiger partial charge in [-0.3, -0.25) is 0 Å². The molecule has 1 saturated heterocycles. The Hall–Kier alpha value is -1.02. The molecule has 1 fully saturated rings. The van der Waals surface area contributed by atoms with Crippen molar-refractivity contribution in [3.05, 3.63) is 29.8 Å². The third-order valence-electron chi connectivity index (χ3n) is 4.09. The molecule has 2 unspecified atom stereocenters. The minimum absolute atomic E-state index is 0.501. The largest absolute Gasteiger partial charge is 0.497 e. The second-order valence-corrected chi connectivity index (χ2v) is 5.50. The summed E-state index contributed by atoms with van der Waals surface area (Å²) in [4.78, 5) is 0. The van der Waals surface area contributed by atoms with Crippen molar-refractivity contribution in [1.29, 1.82) is 0 Å². The highest BCUT2D eigenvalue weighted by Crippen LogP contribution is 2.30. The normalized spacial score (nSPS) is 23.3. The second-order valence-electron chi connectivity index (χ2n) is 5.50. The van der Waals surface area contributed by atoms with Gasteiger partial charge in [0.05, 0.1) is 19.8 Å². The first kappa shape index (κ1) is 14.4. The van der Waals surface area contributed by atoms with Crippen molar-refractivity contribution >= 4 is 0 Å². The van der Waals surface area contributed by atoms with Crippen LogP contribution in [0.5, 0.6) is 5.75 Å². The van der Waals surface area contributed by atoms with Crippen LogP contribution in [0.15, 0.2) is 24.3 Å². The standard InChI is InChI=1S/C17H26O2/c1-3-4-5-6-17-12-9-15(13-19-17)14-7-10-16(18-2)11-8-14/h7-8,10-11,15,17H,3-6,9,12-13H2,1-2H3. The van der Waals surface area contributed by atoms with E-state index in [0.29, 0.717) is 12.0 Å². The van der Waals surface area contributed by atoms with Crippen molar-refractivity contribution in [3.63, 3.8) is 0 Å². The van der Waals surface area contributed by atoms with Gasteiger partial charge in [-0.05, 0) is 37.0 Å². The highest BCUT2D eigenvalue weighted by atomic mass is 16.5. The van der Waals surface area contributed by atoms with Gasteiger partial charge in [-0.15, -0.1) is 0 Å². The van der Waals surface area contributed by atoms with Crippen molar-refractivity contribution < 1.29 is 9.47 Å². The van der Waals surface area contributed by atoms with Crippen LogP contribution >= 0.6 is 0 Å². The van der Waals surface area contributed by atoms with Crippen LogP contribution in [0.25, 0.3) is 0 Å². The molecule has 1 aliphatic heterocycles. The van der Waals surface area contributed by atoms with E-state index in [2.05, 4.69) is 19.1 Å². The molecule has 0 spiro atoms. The van der Waals surface area contributed by atoms with Crippen LogP contribution in [-0.2, 0) is 4.74 Å². The summed E-state index contributed by atoms with van der Waals surface area (Å²) in [5, 5.41) is 0. The Morgan fingerprint density at radius 2 is 1.95 bits per heavy atom. The van der Waals surface area contributed by atoms with Gasteiger partial charge in [-0.1, -0.05) is 38.3 Å². The van der Waals surface area contributed by atoms with Gasteiger partial charge >= 0.3 is 0 Å². The quantitative estimate of drug-likeness (QED) is 0.701. The van der Waals surface area contributed by atoms with Crippen molar-refractivity contribution in [2.24, 2.45) is 0 Å². The molecule has 1 aromatic rings. The molecule has 1 aliphatic rings. The summed E-state index contributed by atoms with van der Waals surface area (Å²) >= 11 is 0. The molecule has 1 heterocycles. The molecule has 2 nitrogen and oxygen atoms in total. The summed E-state index contributed by atoms with van der Waals surface area (Å²) in [6.07, 6.45) is 8.14. The number of methoxy groups -OCH3 is 1. The lowest BCUT2D eigenvalue weighted by atomic mass is 9.90. The predicted octanol–water partition coefficient (Wildman–Crippen LogP) is 4.54. The van der Waals surface area contributed by atoms with E-state index >= 15 is 0 Å².